The second-order valence-electron chi connectivity index (χ2n) is 6.41. The Morgan fingerprint density at radius 2 is 2.00 bits per heavy atom. The summed E-state index contributed by atoms with van der Waals surface area (Å²) in [4.78, 5) is 26.2. The number of para-hydroxylation sites is 1. The quantitative estimate of drug-likeness (QED) is 0.870. The number of anilines is 1. The van der Waals surface area contributed by atoms with Crippen molar-refractivity contribution in [1.29, 1.82) is 0 Å². The van der Waals surface area contributed by atoms with Crippen molar-refractivity contribution in [2.75, 3.05) is 11.4 Å². The summed E-state index contributed by atoms with van der Waals surface area (Å²) in [5.74, 6) is -0.891. The van der Waals surface area contributed by atoms with Crippen molar-refractivity contribution in [3.05, 3.63) is 30.1 Å². The van der Waals surface area contributed by atoms with Crippen molar-refractivity contribution in [1.82, 2.24) is 5.32 Å². The zero-order valence-corrected chi connectivity index (χ0v) is 14.2. The van der Waals surface area contributed by atoms with Gasteiger partial charge in [-0.25, -0.2) is 4.39 Å². The van der Waals surface area contributed by atoms with Crippen LogP contribution in [0, 0.1) is 11.7 Å². The molecule has 1 aliphatic heterocycles. The molecule has 2 fully saturated rings. The van der Waals surface area contributed by atoms with Crippen molar-refractivity contribution >= 4 is 29.9 Å². The van der Waals surface area contributed by atoms with Crippen LogP contribution in [0.15, 0.2) is 24.3 Å². The number of carbonyl (C=O) groups is 2. The normalized spacial score (nSPS) is 26.8. The van der Waals surface area contributed by atoms with Crippen LogP contribution in [-0.2, 0) is 9.59 Å². The van der Waals surface area contributed by atoms with Crippen LogP contribution >= 0.6 is 12.4 Å². The third-order valence-corrected chi connectivity index (χ3v) is 4.75. The maximum absolute atomic E-state index is 13.8. The maximum Gasteiger partial charge on any atom is 0.249 e. The molecule has 1 aliphatic carbocycles. The molecule has 7 heteroatoms. The molecule has 1 saturated carbocycles. The van der Waals surface area contributed by atoms with Gasteiger partial charge in [0.05, 0.1) is 5.69 Å². The van der Waals surface area contributed by atoms with Gasteiger partial charge in [-0.15, -0.1) is 12.4 Å². The molecule has 0 bridgehead atoms. The Morgan fingerprint density at radius 1 is 1.25 bits per heavy atom. The first-order valence-electron chi connectivity index (χ1n) is 8.18. The molecule has 24 heavy (non-hydrogen) atoms. The minimum absolute atomic E-state index is 0. The molecule has 3 rings (SSSR count). The Hall–Kier alpha value is -1.66. The predicted octanol–water partition coefficient (Wildman–Crippen LogP) is 1.99. The van der Waals surface area contributed by atoms with Crippen LogP contribution in [0.25, 0.3) is 0 Å². The minimum Gasteiger partial charge on any atom is -0.344 e. The second-order valence-corrected chi connectivity index (χ2v) is 6.41. The van der Waals surface area contributed by atoms with Gasteiger partial charge in [-0.3, -0.25) is 9.59 Å². The standard InChI is InChI=1S/C17H22FN3O2.ClH/c18-13-6-1-2-7-15(13)21-9-8-14(17(21)23)20-16(22)11-4-3-5-12(19)10-11;/h1-2,6-7,11-12,14H,3-5,8-10,19H2,(H,20,22);1H. The molecule has 0 spiro atoms. The number of rotatable bonds is 3. The van der Waals surface area contributed by atoms with Crippen LogP contribution in [0.5, 0.6) is 0 Å². The van der Waals surface area contributed by atoms with E-state index >= 15 is 0 Å². The zero-order valence-electron chi connectivity index (χ0n) is 13.4. The monoisotopic (exact) mass is 355 g/mol. The van der Waals surface area contributed by atoms with Crippen LogP contribution in [0.2, 0.25) is 0 Å². The molecule has 0 radical (unpaired) electrons. The third-order valence-electron chi connectivity index (χ3n) is 4.75. The number of nitrogens with two attached hydrogens (primary N) is 1. The predicted molar refractivity (Wildman–Crippen MR) is 92.5 cm³/mol. The van der Waals surface area contributed by atoms with Crippen LogP contribution in [0.1, 0.15) is 32.1 Å². The van der Waals surface area contributed by atoms with Crippen LogP contribution in [0.3, 0.4) is 0 Å². The molecule has 5 nitrogen and oxygen atoms in total. The van der Waals surface area contributed by atoms with E-state index in [1.54, 1.807) is 18.2 Å². The fraction of sp³-hybridized carbons (Fsp3) is 0.529. The molecule has 2 amide bonds. The van der Waals surface area contributed by atoms with E-state index in [1.165, 1.54) is 11.0 Å². The minimum atomic E-state index is -0.569. The van der Waals surface area contributed by atoms with Crippen LogP contribution < -0.4 is 16.0 Å². The lowest BCUT2D eigenvalue weighted by molar-refractivity contribution is -0.130. The van der Waals surface area contributed by atoms with E-state index in [4.69, 9.17) is 5.73 Å². The summed E-state index contributed by atoms with van der Waals surface area (Å²) >= 11 is 0. The number of carbonyl (C=O) groups excluding carboxylic acids is 2. The van der Waals surface area contributed by atoms with Gasteiger partial charge in [-0.2, -0.15) is 0 Å². The summed E-state index contributed by atoms with van der Waals surface area (Å²) in [6.07, 6.45) is 3.88. The smallest absolute Gasteiger partial charge is 0.249 e. The van der Waals surface area contributed by atoms with Gasteiger partial charge in [0.2, 0.25) is 11.8 Å². The lowest BCUT2D eigenvalue weighted by atomic mass is 9.85. The summed E-state index contributed by atoms with van der Waals surface area (Å²) < 4.78 is 13.8. The Labute approximate surface area is 147 Å². The number of halogens is 2. The largest absolute Gasteiger partial charge is 0.344 e. The van der Waals surface area contributed by atoms with Gasteiger partial charge in [0.25, 0.3) is 0 Å². The highest BCUT2D eigenvalue weighted by Crippen LogP contribution is 2.26. The number of amides is 2. The topological polar surface area (TPSA) is 75.4 Å². The van der Waals surface area contributed by atoms with E-state index in [0.717, 1.165) is 19.3 Å². The Morgan fingerprint density at radius 3 is 2.71 bits per heavy atom. The van der Waals surface area contributed by atoms with Crippen LogP contribution in [0.4, 0.5) is 10.1 Å². The molecule has 1 heterocycles. The van der Waals surface area contributed by atoms with E-state index < -0.39 is 11.9 Å². The summed E-state index contributed by atoms with van der Waals surface area (Å²) in [5.41, 5.74) is 6.19. The first-order valence-corrected chi connectivity index (χ1v) is 8.18. The van der Waals surface area contributed by atoms with Gasteiger partial charge in [-0.05, 0) is 37.8 Å². The van der Waals surface area contributed by atoms with Gasteiger partial charge in [0.1, 0.15) is 11.9 Å². The lowest BCUT2D eigenvalue weighted by Gasteiger charge is -2.26. The molecular formula is C17H23ClFN3O2. The van der Waals surface area contributed by atoms with Gasteiger partial charge in [0, 0.05) is 18.5 Å². The fourth-order valence-electron chi connectivity index (χ4n) is 3.48. The summed E-state index contributed by atoms with van der Waals surface area (Å²) in [6.45, 7) is 0.412. The number of hydrogen-bond donors (Lipinski definition) is 2. The molecule has 1 aromatic carbocycles. The van der Waals surface area contributed by atoms with Crippen molar-refractivity contribution < 1.29 is 14.0 Å². The van der Waals surface area contributed by atoms with Crippen molar-refractivity contribution in [3.8, 4) is 0 Å². The third kappa shape index (κ3) is 3.87. The van der Waals surface area contributed by atoms with Crippen molar-refractivity contribution in [2.45, 2.75) is 44.2 Å². The average Bonchev–Trinajstić information content (AvgIpc) is 2.89. The van der Waals surface area contributed by atoms with E-state index in [0.29, 0.717) is 19.4 Å². The maximum atomic E-state index is 13.8. The number of nitrogens with one attached hydrogen (secondary N) is 1. The van der Waals surface area contributed by atoms with Crippen molar-refractivity contribution in [2.24, 2.45) is 11.7 Å². The highest BCUT2D eigenvalue weighted by molar-refractivity contribution is 6.01. The summed E-state index contributed by atoms with van der Waals surface area (Å²) in [6, 6.07) is 5.69. The average molecular weight is 356 g/mol. The Bertz CT molecular complexity index is 613. The SMILES string of the molecule is Cl.NC1CCCC(C(=O)NC2CCN(c3ccccc3F)C2=O)C1. The first-order chi connectivity index (χ1) is 11.1. The van der Waals surface area contributed by atoms with E-state index in [2.05, 4.69) is 5.32 Å². The molecule has 1 saturated heterocycles. The zero-order chi connectivity index (χ0) is 16.4. The van der Waals surface area contributed by atoms with Crippen LogP contribution in [-0.4, -0.2) is 30.4 Å². The van der Waals surface area contributed by atoms with Gasteiger partial charge >= 0.3 is 0 Å². The second kappa shape index (κ2) is 7.94. The number of benzene rings is 1. The van der Waals surface area contributed by atoms with E-state index in [9.17, 15) is 14.0 Å². The molecule has 0 aromatic heterocycles. The molecule has 3 unspecified atom stereocenters. The van der Waals surface area contributed by atoms with Gasteiger partial charge in [0.15, 0.2) is 0 Å². The van der Waals surface area contributed by atoms with Gasteiger partial charge in [-0.1, -0.05) is 18.6 Å². The summed E-state index contributed by atoms with van der Waals surface area (Å²) in [5, 5.41) is 2.83. The Balaban J connectivity index is 0.00000208. The number of hydrogen-bond acceptors (Lipinski definition) is 3. The van der Waals surface area contributed by atoms with Crippen molar-refractivity contribution in [3.63, 3.8) is 0 Å². The molecular weight excluding hydrogens is 333 g/mol. The molecule has 132 valence electrons. The lowest BCUT2D eigenvalue weighted by Crippen LogP contribution is -2.46. The van der Waals surface area contributed by atoms with Gasteiger partial charge < -0.3 is 16.0 Å². The molecule has 3 atom stereocenters. The molecule has 2 aliphatic rings. The van der Waals surface area contributed by atoms with E-state index in [-0.39, 0.29) is 41.9 Å². The molecule has 3 N–H and O–H groups in total. The fourth-order valence-corrected chi connectivity index (χ4v) is 3.48. The first kappa shape index (κ1) is 18.7. The van der Waals surface area contributed by atoms with E-state index in [1.807, 2.05) is 0 Å². The molecule has 1 aromatic rings. The summed E-state index contributed by atoms with van der Waals surface area (Å²) in [7, 11) is 0. The highest BCUT2D eigenvalue weighted by Gasteiger charge is 2.36. The Kier molecular flexibility index (Phi) is 6.18. The highest BCUT2D eigenvalue weighted by atomic mass is 35.5. The number of nitrogens with zero attached hydrogens (tertiary/aromatic N) is 1.